The third-order valence-corrected chi connectivity index (χ3v) is 5.48. The number of benzene rings is 2. The molecule has 164 valence electrons. The number of fused-ring (bicyclic) bond motifs is 1. The first kappa shape index (κ1) is 22.6. The summed E-state index contributed by atoms with van der Waals surface area (Å²) in [5.74, 6) is 0.00896. The van der Waals surface area contributed by atoms with Crippen LogP contribution in [0, 0.1) is 5.92 Å². The molecule has 1 heterocycles. The van der Waals surface area contributed by atoms with Crippen LogP contribution >= 0.6 is 0 Å². The molecule has 0 aliphatic rings. The van der Waals surface area contributed by atoms with Gasteiger partial charge in [-0.2, -0.15) is 0 Å². The zero-order valence-electron chi connectivity index (χ0n) is 18.5. The zero-order valence-corrected chi connectivity index (χ0v) is 18.5. The van der Waals surface area contributed by atoms with E-state index >= 15 is 0 Å². The highest BCUT2D eigenvalue weighted by molar-refractivity contribution is 5.82. The van der Waals surface area contributed by atoms with Crippen LogP contribution in [0.25, 0.3) is 22.1 Å². The highest BCUT2D eigenvalue weighted by atomic mass is 16.7. The molecule has 5 nitrogen and oxygen atoms in total. The summed E-state index contributed by atoms with van der Waals surface area (Å²) in [6.07, 6.45) is 5.36. The van der Waals surface area contributed by atoms with Gasteiger partial charge in [0, 0.05) is 11.5 Å². The maximum absolute atomic E-state index is 12.6. The van der Waals surface area contributed by atoms with Crippen LogP contribution in [0.4, 0.5) is 0 Å². The molecular formula is C26H30O5. The smallest absolute Gasteiger partial charge is 0.344 e. The van der Waals surface area contributed by atoms with E-state index < -0.39 is 5.63 Å². The van der Waals surface area contributed by atoms with E-state index in [0.29, 0.717) is 23.3 Å². The van der Waals surface area contributed by atoms with E-state index in [0.717, 1.165) is 17.4 Å². The summed E-state index contributed by atoms with van der Waals surface area (Å²) in [7, 11) is 0. The van der Waals surface area contributed by atoms with E-state index in [1.54, 1.807) is 12.1 Å². The lowest BCUT2D eigenvalue weighted by Gasteiger charge is -2.11. The van der Waals surface area contributed by atoms with Crippen LogP contribution in [0.5, 0.6) is 5.75 Å². The number of hydrogen-bond donors (Lipinski definition) is 0. The minimum Gasteiger partial charge on any atom is -0.457 e. The quantitative estimate of drug-likeness (QED) is 0.170. The lowest BCUT2D eigenvalue weighted by atomic mass is 10.0. The van der Waals surface area contributed by atoms with Gasteiger partial charge in [0.05, 0.1) is 11.5 Å². The Labute approximate surface area is 183 Å². The molecular weight excluding hydrogens is 392 g/mol. The van der Waals surface area contributed by atoms with Crippen LogP contribution in [0.3, 0.4) is 0 Å². The molecule has 0 N–H and O–H groups in total. The number of carbonyl (C=O) groups is 1. The third-order valence-electron chi connectivity index (χ3n) is 5.48. The molecule has 0 saturated heterocycles. The Hall–Kier alpha value is -3.08. The second-order valence-corrected chi connectivity index (χ2v) is 7.84. The van der Waals surface area contributed by atoms with Gasteiger partial charge in [0.1, 0.15) is 11.3 Å². The van der Waals surface area contributed by atoms with Gasteiger partial charge < -0.3 is 13.9 Å². The second-order valence-electron chi connectivity index (χ2n) is 7.84. The van der Waals surface area contributed by atoms with Crippen LogP contribution < -0.4 is 10.4 Å². The number of rotatable bonds is 10. The summed E-state index contributed by atoms with van der Waals surface area (Å²) in [5, 5.41) is 0.797. The Balaban J connectivity index is 1.71. The van der Waals surface area contributed by atoms with Crippen LogP contribution in [-0.2, 0) is 16.0 Å². The van der Waals surface area contributed by atoms with E-state index in [9.17, 15) is 9.59 Å². The summed E-state index contributed by atoms with van der Waals surface area (Å²) in [6, 6.07) is 15.2. The minimum atomic E-state index is -0.397. The summed E-state index contributed by atoms with van der Waals surface area (Å²) < 4.78 is 16.1. The molecule has 3 aromatic rings. The molecule has 2 aromatic carbocycles. The number of hydrogen-bond acceptors (Lipinski definition) is 5. The molecule has 0 amide bonds. The average Bonchev–Trinajstić information content (AvgIpc) is 2.78. The summed E-state index contributed by atoms with van der Waals surface area (Å²) in [5.41, 5.74) is 2.68. The van der Waals surface area contributed by atoms with Gasteiger partial charge in [0.2, 0.25) is 6.79 Å². The largest absolute Gasteiger partial charge is 0.457 e. The summed E-state index contributed by atoms with van der Waals surface area (Å²) >= 11 is 0. The Kier molecular flexibility index (Phi) is 7.88. The first-order valence-electron chi connectivity index (χ1n) is 11.0. The van der Waals surface area contributed by atoms with Crippen molar-refractivity contribution in [2.24, 2.45) is 5.92 Å². The predicted molar refractivity (Wildman–Crippen MR) is 122 cm³/mol. The fourth-order valence-corrected chi connectivity index (χ4v) is 3.28. The Morgan fingerprint density at radius 1 is 1.03 bits per heavy atom. The molecule has 0 fully saturated rings. The number of ether oxygens (including phenoxy) is 2. The molecule has 0 aliphatic heterocycles. The van der Waals surface area contributed by atoms with E-state index in [-0.39, 0.29) is 18.7 Å². The number of esters is 1. The molecule has 0 aliphatic carbocycles. The normalized spacial score (nSPS) is 12.0. The van der Waals surface area contributed by atoms with Crippen LogP contribution in [-0.4, -0.2) is 12.8 Å². The van der Waals surface area contributed by atoms with Gasteiger partial charge in [-0.25, -0.2) is 4.79 Å². The van der Waals surface area contributed by atoms with Crippen molar-refractivity contribution < 1.29 is 18.7 Å². The predicted octanol–water partition coefficient (Wildman–Crippen LogP) is 6.12. The molecule has 0 saturated carbocycles. The van der Waals surface area contributed by atoms with Gasteiger partial charge in [-0.15, -0.1) is 0 Å². The SMILES string of the molecule is CCCCCc1ccc(-c2cc3ccc(OCOC(=O)C(C)CC)cc3oc2=O)cc1. The van der Waals surface area contributed by atoms with Crippen molar-refractivity contribution in [3.8, 4) is 16.9 Å². The molecule has 1 aromatic heterocycles. The summed E-state index contributed by atoms with van der Waals surface area (Å²) in [6.45, 7) is 5.75. The number of unbranched alkanes of at least 4 members (excludes halogenated alkanes) is 2. The second kappa shape index (κ2) is 10.8. The van der Waals surface area contributed by atoms with Crippen molar-refractivity contribution in [3.63, 3.8) is 0 Å². The minimum absolute atomic E-state index is 0.165. The monoisotopic (exact) mass is 422 g/mol. The van der Waals surface area contributed by atoms with E-state index in [2.05, 4.69) is 19.1 Å². The van der Waals surface area contributed by atoms with Gasteiger partial charge in [-0.05, 0) is 48.6 Å². The lowest BCUT2D eigenvalue weighted by Crippen LogP contribution is -2.17. The van der Waals surface area contributed by atoms with Gasteiger partial charge in [-0.3, -0.25) is 4.79 Å². The van der Waals surface area contributed by atoms with Gasteiger partial charge in [0.15, 0.2) is 0 Å². The van der Waals surface area contributed by atoms with E-state index in [1.165, 1.54) is 24.8 Å². The van der Waals surface area contributed by atoms with E-state index in [4.69, 9.17) is 13.9 Å². The molecule has 5 heteroatoms. The van der Waals surface area contributed by atoms with Gasteiger partial charge >= 0.3 is 11.6 Å². The van der Waals surface area contributed by atoms with Crippen molar-refractivity contribution in [1.29, 1.82) is 0 Å². The van der Waals surface area contributed by atoms with Crippen molar-refractivity contribution in [3.05, 3.63) is 64.5 Å². The first-order chi connectivity index (χ1) is 15.0. The average molecular weight is 423 g/mol. The Bertz CT molecular complexity index is 1070. The molecule has 31 heavy (non-hydrogen) atoms. The zero-order chi connectivity index (χ0) is 22.2. The molecule has 0 radical (unpaired) electrons. The Morgan fingerprint density at radius 2 is 1.81 bits per heavy atom. The molecule has 1 atom stereocenters. The third kappa shape index (κ3) is 5.97. The first-order valence-corrected chi connectivity index (χ1v) is 11.0. The maximum Gasteiger partial charge on any atom is 0.344 e. The van der Waals surface area contributed by atoms with Crippen molar-refractivity contribution in [2.45, 2.75) is 52.9 Å². The fraction of sp³-hybridized carbons (Fsp3) is 0.385. The molecule has 0 spiro atoms. The summed E-state index contributed by atoms with van der Waals surface area (Å²) in [4.78, 5) is 24.3. The van der Waals surface area contributed by atoms with Crippen molar-refractivity contribution in [2.75, 3.05) is 6.79 Å². The maximum atomic E-state index is 12.6. The lowest BCUT2D eigenvalue weighted by molar-refractivity contribution is -0.154. The standard InChI is InChI=1S/C26H30O5/c1-4-6-7-8-19-9-11-20(12-10-19)23-15-21-13-14-22(16-24(21)31-26(23)28)29-17-30-25(27)18(3)5-2/h9-16,18H,4-8,17H2,1-3H3. The van der Waals surface area contributed by atoms with Gasteiger partial charge in [0.25, 0.3) is 0 Å². The molecule has 3 rings (SSSR count). The van der Waals surface area contributed by atoms with Crippen molar-refractivity contribution >= 4 is 16.9 Å². The molecule has 0 bridgehead atoms. The molecule has 1 unspecified atom stereocenters. The number of carbonyl (C=O) groups excluding carboxylic acids is 1. The fourth-order valence-electron chi connectivity index (χ4n) is 3.28. The highest BCUT2D eigenvalue weighted by Gasteiger charge is 2.12. The topological polar surface area (TPSA) is 65.7 Å². The van der Waals surface area contributed by atoms with Crippen LogP contribution in [0.2, 0.25) is 0 Å². The Morgan fingerprint density at radius 3 is 2.52 bits per heavy atom. The number of aryl methyl sites for hydroxylation is 1. The van der Waals surface area contributed by atoms with Crippen LogP contribution in [0.1, 0.15) is 52.0 Å². The van der Waals surface area contributed by atoms with E-state index in [1.807, 2.05) is 38.1 Å². The van der Waals surface area contributed by atoms with Crippen LogP contribution in [0.15, 0.2) is 57.7 Å². The highest BCUT2D eigenvalue weighted by Crippen LogP contribution is 2.25. The van der Waals surface area contributed by atoms with Gasteiger partial charge in [-0.1, -0.05) is 57.9 Å². The van der Waals surface area contributed by atoms with Crippen molar-refractivity contribution in [1.82, 2.24) is 0 Å².